The lowest BCUT2D eigenvalue weighted by Gasteiger charge is -2.29. The first-order valence-electron chi connectivity index (χ1n) is 8.67. The highest BCUT2D eigenvalue weighted by Gasteiger charge is 2.39. The van der Waals surface area contributed by atoms with Crippen LogP contribution in [0.2, 0.25) is 0 Å². The van der Waals surface area contributed by atoms with E-state index in [4.69, 9.17) is 0 Å². The molecule has 1 aromatic heterocycles. The minimum atomic E-state index is -1.12. The van der Waals surface area contributed by atoms with Crippen molar-refractivity contribution >= 4 is 17.7 Å². The Kier molecular flexibility index (Phi) is 3.84. The molecule has 0 saturated carbocycles. The lowest BCUT2D eigenvalue weighted by atomic mass is 10.0. The van der Waals surface area contributed by atoms with Gasteiger partial charge in [0.05, 0.1) is 11.9 Å². The lowest BCUT2D eigenvalue weighted by molar-refractivity contribution is -0.136. The number of benzene rings is 1. The molecule has 1 saturated heterocycles. The lowest BCUT2D eigenvalue weighted by Crippen LogP contribution is -2.52. The van der Waals surface area contributed by atoms with Crippen molar-refractivity contribution in [3.8, 4) is 5.69 Å². The largest absolute Gasteiger partial charge is 0.384 e. The van der Waals surface area contributed by atoms with Crippen LogP contribution in [0.3, 0.4) is 0 Å². The predicted molar refractivity (Wildman–Crippen MR) is 92.6 cm³/mol. The Morgan fingerprint density at radius 2 is 2.04 bits per heavy atom. The maximum Gasteiger partial charge on any atom is 0.255 e. The second-order valence-corrected chi connectivity index (χ2v) is 7.35. The molecule has 2 aliphatic rings. The number of hydrogen-bond acceptors (Lipinski definition) is 6. The number of carbonyl (C=O) groups is 3. The Morgan fingerprint density at radius 1 is 1.26 bits per heavy atom. The van der Waals surface area contributed by atoms with Gasteiger partial charge >= 0.3 is 0 Å². The minimum Gasteiger partial charge on any atom is -0.384 e. The van der Waals surface area contributed by atoms with Gasteiger partial charge in [-0.05, 0) is 38.0 Å². The molecule has 3 amide bonds. The van der Waals surface area contributed by atoms with Crippen molar-refractivity contribution in [2.45, 2.75) is 44.9 Å². The van der Waals surface area contributed by atoms with Gasteiger partial charge in [-0.1, -0.05) is 11.3 Å². The number of aromatic nitrogens is 3. The molecule has 1 fully saturated rings. The summed E-state index contributed by atoms with van der Waals surface area (Å²) in [5.74, 6) is -0.987. The third-order valence-electron chi connectivity index (χ3n) is 4.90. The number of imide groups is 1. The zero-order valence-corrected chi connectivity index (χ0v) is 15.0. The molecule has 140 valence electrons. The van der Waals surface area contributed by atoms with Crippen LogP contribution >= 0.6 is 0 Å². The van der Waals surface area contributed by atoms with Gasteiger partial charge in [0.1, 0.15) is 17.3 Å². The average Bonchev–Trinajstić information content (AvgIpc) is 3.20. The van der Waals surface area contributed by atoms with Crippen molar-refractivity contribution in [2.24, 2.45) is 0 Å². The Morgan fingerprint density at radius 3 is 2.70 bits per heavy atom. The van der Waals surface area contributed by atoms with Crippen LogP contribution in [0.4, 0.5) is 0 Å². The minimum absolute atomic E-state index is 0.223. The summed E-state index contributed by atoms with van der Waals surface area (Å²) in [6.45, 7) is 3.56. The first-order chi connectivity index (χ1) is 12.7. The summed E-state index contributed by atoms with van der Waals surface area (Å²) >= 11 is 0. The summed E-state index contributed by atoms with van der Waals surface area (Å²) in [7, 11) is 0. The number of rotatable bonds is 3. The highest BCUT2D eigenvalue weighted by molar-refractivity contribution is 6.05. The van der Waals surface area contributed by atoms with Crippen molar-refractivity contribution in [1.29, 1.82) is 0 Å². The summed E-state index contributed by atoms with van der Waals surface area (Å²) in [6.07, 6.45) is 2.16. The number of carbonyl (C=O) groups excluding carboxylic acids is 3. The van der Waals surface area contributed by atoms with E-state index in [9.17, 15) is 19.5 Å². The Hall–Kier alpha value is -3.07. The van der Waals surface area contributed by atoms with Crippen LogP contribution < -0.4 is 5.32 Å². The fraction of sp³-hybridized carbons (Fsp3) is 0.389. The third kappa shape index (κ3) is 2.99. The summed E-state index contributed by atoms with van der Waals surface area (Å²) in [6, 6.07) is 4.69. The number of hydrogen-bond donors (Lipinski definition) is 2. The van der Waals surface area contributed by atoms with Crippen molar-refractivity contribution in [3.63, 3.8) is 0 Å². The molecule has 1 aromatic carbocycles. The normalized spacial score (nSPS) is 20.0. The zero-order valence-electron chi connectivity index (χ0n) is 15.0. The van der Waals surface area contributed by atoms with Gasteiger partial charge in [0.25, 0.3) is 5.91 Å². The van der Waals surface area contributed by atoms with Crippen LogP contribution in [0.15, 0.2) is 24.4 Å². The SMILES string of the molecule is CC(C)(O)c1cn(-c2ccc3c(c2)C(=O)N(C2CCC(=O)NC2=O)C3)nn1. The van der Waals surface area contributed by atoms with Gasteiger partial charge < -0.3 is 10.0 Å². The van der Waals surface area contributed by atoms with Gasteiger partial charge in [-0.3, -0.25) is 19.7 Å². The maximum atomic E-state index is 12.8. The predicted octanol–water partition coefficient (Wildman–Crippen LogP) is 0.256. The van der Waals surface area contributed by atoms with Crippen LogP contribution in [-0.2, 0) is 21.7 Å². The number of nitrogens with one attached hydrogen (secondary N) is 1. The molecule has 0 spiro atoms. The molecular weight excluding hydrogens is 350 g/mol. The Labute approximate surface area is 155 Å². The van der Waals surface area contributed by atoms with E-state index in [1.807, 2.05) is 12.1 Å². The second kappa shape index (κ2) is 5.98. The molecule has 9 nitrogen and oxygen atoms in total. The molecule has 0 bridgehead atoms. The smallest absolute Gasteiger partial charge is 0.255 e. The van der Waals surface area contributed by atoms with Gasteiger partial charge in [-0.25, -0.2) is 4.68 Å². The first kappa shape index (κ1) is 17.3. The first-order valence-corrected chi connectivity index (χ1v) is 8.67. The van der Waals surface area contributed by atoms with E-state index in [2.05, 4.69) is 15.6 Å². The highest BCUT2D eigenvalue weighted by atomic mass is 16.3. The van der Waals surface area contributed by atoms with Crippen LogP contribution in [-0.4, -0.2) is 48.8 Å². The number of fused-ring (bicyclic) bond motifs is 1. The highest BCUT2D eigenvalue weighted by Crippen LogP contribution is 2.29. The molecule has 2 N–H and O–H groups in total. The average molecular weight is 369 g/mol. The summed E-state index contributed by atoms with van der Waals surface area (Å²) < 4.78 is 1.50. The maximum absolute atomic E-state index is 12.8. The molecule has 9 heteroatoms. The van der Waals surface area contributed by atoms with Crippen LogP contribution in [0.1, 0.15) is 48.3 Å². The van der Waals surface area contributed by atoms with Crippen LogP contribution in [0.25, 0.3) is 5.69 Å². The van der Waals surface area contributed by atoms with E-state index in [-0.39, 0.29) is 18.2 Å². The van der Waals surface area contributed by atoms with Gasteiger partial charge in [-0.2, -0.15) is 0 Å². The quantitative estimate of drug-likeness (QED) is 0.749. The molecule has 4 rings (SSSR count). The van der Waals surface area contributed by atoms with Crippen molar-refractivity contribution in [1.82, 2.24) is 25.2 Å². The van der Waals surface area contributed by atoms with Crippen LogP contribution in [0.5, 0.6) is 0 Å². The molecule has 2 aromatic rings. The number of amides is 3. The molecule has 1 atom stereocenters. The van der Waals surface area contributed by atoms with E-state index >= 15 is 0 Å². The molecular formula is C18H19N5O4. The molecule has 0 radical (unpaired) electrons. The fourth-order valence-corrected chi connectivity index (χ4v) is 3.36. The van der Waals surface area contributed by atoms with E-state index in [0.717, 1.165) is 5.56 Å². The van der Waals surface area contributed by atoms with Gasteiger partial charge in [0.15, 0.2) is 0 Å². The van der Waals surface area contributed by atoms with Crippen molar-refractivity contribution in [3.05, 3.63) is 41.2 Å². The second-order valence-electron chi connectivity index (χ2n) is 7.35. The Balaban J connectivity index is 1.61. The molecule has 3 heterocycles. The summed E-state index contributed by atoms with van der Waals surface area (Å²) in [5.41, 5.74) is 1.25. The Bertz CT molecular complexity index is 959. The summed E-state index contributed by atoms with van der Waals surface area (Å²) in [5, 5.41) is 20.3. The number of nitrogens with zero attached hydrogens (tertiary/aromatic N) is 4. The molecule has 1 unspecified atom stereocenters. The number of piperidine rings is 1. The standard InChI is InChI=1S/C18H19N5O4/c1-18(2,27)14-9-23(21-20-14)11-4-3-10-8-22(17(26)12(10)7-11)13-5-6-15(24)19-16(13)25/h3-4,7,9,13,27H,5-6,8H2,1-2H3,(H,19,24,25). The van der Waals surface area contributed by atoms with E-state index in [0.29, 0.717) is 29.9 Å². The molecule has 0 aliphatic carbocycles. The topological polar surface area (TPSA) is 117 Å². The van der Waals surface area contributed by atoms with E-state index in [1.165, 1.54) is 9.58 Å². The van der Waals surface area contributed by atoms with E-state index in [1.54, 1.807) is 26.1 Å². The van der Waals surface area contributed by atoms with Gasteiger partial charge in [0.2, 0.25) is 11.8 Å². The van der Waals surface area contributed by atoms with Crippen LogP contribution in [0, 0.1) is 0 Å². The fourth-order valence-electron chi connectivity index (χ4n) is 3.36. The molecule has 27 heavy (non-hydrogen) atoms. The van der Waals surface area contributed by atoms with E-state index < -0.39 is 17.6 Å². The summed E-state index contributed by atoms with van der Waals surface area (Å²) in [4.78, 5) is 37.8. The van der Waals surface area contributed by atoms with Gasteiger partial charge in [-0.15, -0.1) is 5.10 Å². The zero-order chi connectivity index (χ0) is 19.3. The monoisotopic (exact) mass is 369 g/mol. The van der Waals surface area contributed by atoms with Gasteiger partial charge in [0, 0.05) is 18.5 Å². The third-order valence-corrected chi connectivity index (χ3v) is 4.90. The number of aliphatic hydroxyl groups is 1. The molecule has 2 aliphatic heterocycles. The van der Waals surface area contributed by atoms with Crippen molar-refractivity contribution in [2.75, 3.05) is 0 Å². The van der Waals surface area contributed by atoms with Crippen molar-refractivity contribution < 1.29 is 19.5 Å².